The Bertz CT molecular complexity index is 3150. The minimum Gasteiger partial charge on any atom is -0.377 e. The summed E-state index contributed by atoms with van der Waals surface area (Å²) in [5.74, 6) is 1.31. The lowest BCUT2D eigenvalue weighted by molar-refractivity contribution is 0.0906. The lowest BCUT2D eigenvalue weighted by Gasteiger charge is -2.36. The van der Waals surface area contributed by atoms with Crippen LogP contribution >= 0.6 is 11.3 Å². The Labute approximate surface area is 401 Å². The van der Waals surface area contributed by atoms with Crippen molar-refractivity contribution >= 4 is 66.0 Å². The van der Waals surface area contributed by atoms with Crippen molar-refractivity contribution in [2.24, 2.45) is 0 Å². The number of hydrogen-bond acceptors (Lipinski definition) is 16. The van der Waals surface area contributed by atoms with Gasteiger partial charge in [-0.2, -0.15) is 5.10 Å². The second-order valence-corrected chi connectivity index (χ2v) is 22.0. The second kappa shape index (κ2) is 17.9. The summed E-state index contributed by atoms with van der Waals surface area (Å²) >= 11 is 1.76. The van der Waals surface area contributed by atoms with E-state index in [1.54, 1.807) is 23.5 Å². The van der Waals surface area contributed by atoms with Gasteiger partial charge in [-0.3, -0.25) is 9.97 Å². The van der Waals surface area contributed by atoms with Crippen molar-refractivity contribution in [3.63, 3.8) is 0 Å². The molecule has 4 aliphatic heterocycles. The Balaban J connectivity index is 0.907. The zero-order valence-electron chi connectivity index (χ0n) is 39.3. The third-order valence-corrected chi connectivity index (χ3v) is 17.0. The van der Waals surface area contributed by atoms with Crippen LogP contribution in [-0.4, -0.2) is 103 Å². The van der Waals surface area contributed by atoms with Gasteiger partial charge in [0, 0.05) is 38.9 Å². The molecule has 7 aromatic rings. The van der Waals surface area contributed by atoms with Gasteiger partial charge in [-0.25, -0.2) is 8.42 Å². The maximum atomic E-state index is 12.7. The van der Waals surface area contributed by atoms with Gasteiger partial charge in [0.15, 0.2) is 21.5 Å². The summed E-state index contributed by atoms with van der Waals surface area (Å²) in [6.45, 7) is 11.5. The number of benzene rings is 2. The highest BCUT2D eigenvalue weighted by Crippen LogP contribution is 2.42. The molecular formula is C51H57N11O4S2. The highest BCUT2D eigenvalue weighted by atomic mass is 32.2. The molecule has 15 nitrogen and oxygen atoms in total. The minimum atomic E-state index is -3.41. The fraction of sp³-hybridized carbons (Fsp3) is 0.412. The predicted octanol–water partition coefficient (Wildman–Crippen LogP) is 8.58. The van der Waals surface area contributed by atoms with Gasteiger partial charge in [0.05, 0.1) is 103 Å². The molecule has 4 bridgehead atoms. The number of aromatic nitrogens is 6. The van der Waals surface area contributed by atoms with Crippen LogP contribution in [0.5, 0.6) is 0 Å². The molecule has 6 atom stereocenters. The first-order valence-electron chi connectivity index (χ1n) is 23.7. The molecule has 0 spiro atoms. The minimum absolute atomic E-state index is 0.0446. The Morgan fingerprint density at radius 1 is 0.735 bits per heavy atom. The van der Waals surface area contributed by atoms with Gasteiger partial charge in [-0.05, 0) is 119 Å². The first-order chi connectivity index (χ1) is 32.9. The number of anilines is 4. The molecule has 68 heavy (non-hydrogen) atoms. The van der Waals surface area contributed by atoms with Crippen LogP contribution in [0.1, 0.15) is 78.9 Å². The van der Waals surface area contributed by atoms with Crippen molar-refractivity contribution in [1.29, 1.82) is 0 Å². The normalized spacial score (nSPS) is 21.1. The van der Waals surface area contributed by atoms with Crippen molar-refractivity contribution in [3.8, 4) is 21.7 Å². The molecule has 4 aliphatic rings. The molecule has 4 fully saturated rings. The van der Waals surface area contributed by atoms with E-state index in [2.05, 4.69) is 85.3 Å². The van der Waals surface area contributed by atoms with Gasteiger partial charge in [-0.15, -0.1) is 26.6 Å². The smallest absolute Gasteiger partial charge is 0.175 e. The number of nitrogens with one attached hydrogen (secondary N) is 3. The zero-order chi connectivity index (χ0) is 46.8. The largest absolute Gasteiger partial charge is 0.377 e. The lowest BCUT2D eigenvalue weighted by atomic mass is 9.99. The third-order valence-electron chi connectivity index (χ3n) is 14.4. The van der Waals surface area contributed by atoms with E-state index in [4.69, 9.17) is 29.6 Å². The molecule has 0 aliphatic carbocycles. The summed E-state index contributed by atoms with van der Waals surface area (Å²) in [6, 6.07) is 21.7. The van der Waals surface area contributed by atoms with Crippen molar-refractivity contribution < 1.29 is 17.9 Å². The summed E-state index contributed by atoms with van der Waals surface area (Å²) in [5, 5.41) is 31.4. The molecule has 352 valence electrons. The van der Waals surface area contributed by atoms with Gasteiger partial charge < -0.3 is 35.2 Å². The van der Waals surface area contributed by atoms with E-state index < -0.39 is 9.84 Å². The number of nitrogens with zero attached hydrogens (tertiary/aromatic N) is 8. The summed E-state index contributed by atoms with van der Waals surface area (Å²) in [6.07, 6.45) is 9.63. The third kappa shape index (κ3) is 8.10. The van der Waals surface area contributed by atoms with Crippen molar-refractivity contribution in [1.82, 2.24) is 35.7 Å². The van der Waals surface area contributed by atoms with Gasteiger partial charge in [0.2, 0.25) is 0 Å². The van der Waals surface area contributed by atoms with E-state index in [0.717, 1.165) is 111 Å². The summed E-state index contributed by atoms with van der Waals surface area (Å²) in [7, 11) is -1.45. The standard InChI is InChI=1S/C51H57N11O4S2/c1-28-40(8-7-9-46(28)68(6,63)64)29(2)55-51-43-20-39(62-36-13-14-37(62)27-66-26-36)23-54-49(43)48(58-60-51)32-10-15-41(33(18-32)21-52-5)45-17-16-44(67-45)30(3)56-50-42-19-38(22-53-47(42)31(4)57-59-50)61-34-11-12-35(61)25-65-24-34/h7-10,15-20,22-23,29-30,34-37,52H,11-14,21,24-27H2,1-6H3,(H,55,60)(H,56,59)/t29-,30-,34?,35?,36?,37?/m1/s1. The lowest BCUT2D eigenvalue weighted by Crippen LogP contribution is -2.46. The van der Waals surface area contributed by atoms with E-state index in [1.807, 2.05) is 46.3 Å². The van der Waals surface area contributed by atoms with Crippen LogP contribution in [-0.2, 0) is 25.9 Å². The maximum Gasteiger partial charge on any atom is 0.175 e. The number of fused-ring (bicyclic) bond motifs is 6. The van der Waals surface area contributed by atoms with Crippen LogP contribution in [0, 0.1) is 13.8 Å². The molecule has 9 heterocycles. The fourth-order valence-corrected chi connectivity index (χ4v) is 13.1. The van der Waals surface area contributed by atoms with Crippen LogP contribution in [0.3, 0.4) is 0 Å². The Morgan fingerprint density at radius 3 is 1.97 bits per heavy atom. The van der Waals surface area contributed by atoms with E-state index in [9.17, 15) is 8.42 Å². The average Bonchev–Trinajstić information content (AvgIpc) is 4.00. The van der Waals surface area contributed by atoms with Crippen LogP contribution < -0.4 is 25.8 Å². The van der Waals surface area contributed by atoms with Gasteiger partial charge in [0.25, 0.3) is 0 Å². The number of ether oxygens (including phenoxy) is 2. The molecule has 2 aromatic carbocycles. The molecule has 4 saturated heterocycles. The topological polar surface area (TPSA) is 173 Å². The van der Waals surface area contributed by atoms with Crippen molar-refractivity contribution in [3.05, 3.63) is 100 Å². The number of hydrogen-bond donors (Lipinski definition) is 3. The predicted molar refractivity (Wildman–Crippen MR) is 269 cm³/mol. The number of rotatable bonds is 13. The summed E-state index contributed by atoms with van der Waals surface area (Å²) in [4.78, 5) is 17.7. The fourth-order valence-electron chi connectivity index (χ4n) is 11.1. The molecule has 5 aromatic heterocycles. The molecule has 3 N–H and O–H groups in total. The molecule has 0 amide bonds. The number of sulfone groups is 1. The quantitative estimate of drug-likeness (QED) is 0.100. The SMILES string of the molecule is CNCc1cc(-c2nnc(N[C@H](C)c3cccc(S(C)(=O)=O)c3C)c3cc(N4C5CCC4COC5)cnc23)ccc1-c1ccc([C@@H](C)Nc2nnc(C)c3ncc(N4C5CCC4COC5)cc23)s1. The Morgan fingerprint density at radius 2 is 1.34 bits per heavy atom. The van der Waals surface area contributed by atoms with E-state index >= 15 is 0 Å². The number of morpholine rings is 2. The van der Waals surface area contributed by atoms with Crippen LogP contribution in [0.4, 0.5) is 23.0 Å². The van der Waals surface area contributed by atoms with Crippen molar-refractivity contribution in [2.45, 2.75) is 101 Å². The number of aryl methyl sites for hydroxylation is 1. The summed E-state index contributed by atoms with van der Waals surface area (Å²) < 4.78 is 37.1. The first-order valence-corrected chi connectivity index (χ1v) is 26.4. The maximum absolute atomic E-state index is 12.7. The van der Waals surface area contributed by atoms with Gasteiger partial charge in [-0.1, -0.05) is 24.3 Å². The molecule has 11 rings (SSSR count). The average molecular weight is 952 g/mol. The molecule has 17 heteroatoms. The molecule has 0 saturated carbocycles. The Kier molecular flexibility index (Phi) is 11.8. The van der Waals surface area contributed by atoms with Crippen molar-refractivity contribution in [2.75, 3.05) is 60.2 Å². The molecular weight excluding hydrogens is 895 g/mol. The van der Waals surface area contributed by atoms with Gasteiger partial charge >= 0.3 is 0 Å². The van der Waals surface area contributed by atoms with Crippen LogP contribution in [0.15, 0.2) is 78.0 Å². The monoisotopic (exact) mass is 951 g/mol. The van der Waals surface area contributed by atoms with E-state index in [1.165, 1.54) is 11.1 Å². The van der Waals surface area contributed by atoms with Crippen LogP contribution in [0.25, 0.3) is 43.5 Å². The van der Waals surface area contributed by atoms with Crippen LogP contribution in [0.2, 0.25) is 0 Å². The molecule has 4 unspecified atom stereocenters. The van der Waals surface area contributed by atoms with Gasteiger partial charge in [0.1, 0.15) is 11.2 Å². The van der Waals surface area contributed by atoms with E-state index in [0.29, 0.717) is 65.9 Å². The highest BCUT2D eigenvalue weighted by molar-refractivity contribution is 7.90. The summed E-state index contributed by atoms with van der Waals surface area (Å²) in [5.41, 5.74) is 9.97. The first kappa shape index (κ1) is 44.6. The Hall–Kier alpha value is -5.85. The number of thiophene rings is 1. The number of pyridine rings is 2. The molecule has 0 radical (unpaired) electrons. The zero-order valence-corrected chi connectivity index (χ0v) is 40.9. The van der Waals surface area contributed by atoms with E-state index in [-0.39, 0.29) is 12.1 Å². The highest BCUT2D eigenvalue weighted by Gasteiger charge is 2.39. The second-order valence-electron chi connectivity index (χ2n) is 18.9.